The van der Waals surface area contributed by atoms with Gasteiger partial charge in [0.05, 0.1) is 4.90 Å². The van der Waals surface area contributed by atoms with Crippen LogP contribution in [0.1, 0.15) is 37.7 Å². The van der Waals surface area contributed by atoms with Gasteiger partial charge in [0.1, 0.15) is 0 Å². The zero-order chi connectivity index (χ0) is 16.9. The van der Waals surface area contributed by atoms with Crippen molar-refractivity contribution in [2.24, 2.45) is 16.8 Å². The molecule has 1 fully saturated rings. The summed E-state index contributed by atoms with van der Waals surface area (Å²) in [5, 5.41) is 7.96. The number of amides is 1. The maximum atomic E-state index is 12.0. The summed E-state index contributed by atoms with van der Waals surface area (Å²) >= 11 is 0. The van der Waals surface area contributed by atoms with Crippen LogP contribution in [0.25, 0.3) is 0 Å². The van der Waals surface area contributed by atoms with Crippen LogP contribution in [0.2, 0.25) is 0 Å². The van der Waals surface area contributed by atoms with Gasteiger partial charge in [-0.15, -0.1) is 0 Å². The Morgan fingerprint density at radius 1 is 1.17 bits per heavy atom. The zero-order valence-corrected chi connectivity index (χ0v) is 14.0. The molecule has 1 aromatic rings. The molecule has 0 saturated heterocycles. The van der Waals surface area contributed by atoms with Crippen molar-refractivity contribution in [2.75, 3.05) is 6.54 Å². The van der Waals surface area contributed by atoms with Crippen LogP contribution in [0.4, 0.5) is 0 Å². The lowest BCUT2D eigenvalue weighted by Gasteiger charge is -2.27. The molecule has 0 radical (unpaired) electrons. The van der Waals surface area contributed by atoms with Crippen LogP contribution < -0.4 is 16.2 Å². The van der Waals surface area contributed by atoms with Gasteiger partial charge >= 0.3 is 0 Å². The fourth-order valence-electron chi connectivity index (χ4n) is 2.99. The Balaban J connectivity index is 1.75. The molecule has 1 aromatic carbocycles. The summed E-state index contributed by atoms with van der Waals surface area (Å²) in [6, 6.07) is 6.52. The summed E-state index contributed by atoms with van der Waals surface area (Å²) in [6.07, 6.45) is 5.49. The fourth-order valence-corrected chi connectivity index (χ4v) is 3.51. The molecule has 0 spiro atoms. The normalized spacial score (nSPS) is 21.8. The number of hydrogen-bond acceptors (Lipinski definition) is 4. The zero-order valence-electron chi connectivity index (χ0n) is 13.2. The summed E-state index contributed by atoms with van der Waals surface area (Å²) in [6.45, 7) is 0.523. The predicted octanol–water partition coefficient (Wildman–Crippen LogP) is 0.900. The van der Waals surface area contributed by atoms with Gasteiger partial charge in [-0.05, 0) is 42.9 Å². The van der Waals surface area contributed by atoms with E-state index in [2.05, 4.69) is 5.32 Å². The molecule has 1 aliphatic rings. The van der Waals surface area contributed by atoms with Crippen molar-refractivity contribution in [1.82, 2.24) is 5.32 Å². The number of carbonyl (C=O) groups is 1. The lowest BCUT2D eigenvalue weighted by atomic mass is 9.83. The SMILES string of the molecule is NC1CCCCC1CC(=O)NCCc1ccc(S(N)(=O)=O)cc1. The highest BCUT2D eigenvalue weighted by Gasteiger charge is 2.23. The van der Waals surface area contributed by atoms with Gasteiger partial charge in [0.15, 0.2) is 0 Å². The van der Waals surface area contributed by atoms with E-state index in [-0.39, 0.29) is 22.8 Å². The topological polar surface area (TPSA) is 115 Å². The molecule has 1 aliphatic carbocycles. The Morgan fingerprint density at radius 2 is 1.83 bits per heavy atom. The number of nitrogens with one attached hydrogen (secondary N) is 1. The second-order valence-corrected chi connectivity index (χ2v) is 7.76. The summed E-state index contributed by atoms with van der Waals surface area (Å²) in [4.78, 5) is 12.1. The van der Waals surface area contributed by atoms with Crippen LogP contribution in [-0.2, 0) is 21.2 Å². The van der Waals surface area contributed by atoms with E-state index in [1.807, 2.05) is 0 Å². The number of primary sulfonamides is 1. The highest BCUT2D eigenvalue weighted by molar-refractivity contribution is 7.89. The summed E-state index contributed by atoms with van der Waals surface area (Å²) in [7, 11) is -3.66. The van der Waals surface area contributed by atoms with E-state index < -0.39 is 10.0 Å². The third-order valence-corrected chi connectivity index (χ3v) is 5.33. The molecule has 7 heteroatoms. The van der Waals surface area contributed by atoms with Crippen molar-refractivity contribution in [1.29, 1.82) is 0 Å². The van der Waals surface area contributed by atoms with Crippen molar-refractivity contribution in [3.63, 3.8) is 0 Å². The van der Waals surface area contributed by atoms with E-state index >= 15 is 0 Å². The molecule has 6 nitrogen and oxygen atoms in total. The molecule has 0 heterocycles. The van der Waals surface area contributed by atoms with Crippen LogP contribution >= 0.6 is 0 Å². The Labute approximate surface area is 137 Å². The minimum absolute atomic E-state index is 0.0357. The number of benzene rings is 1. The second kappa shape index (κ2) is 7.90. The van der Waals surface area contributed by atoms with Crippen LogP contribution in [-0.4, -0.2) is 26.9 Å². The summed E-state index contributed by atoms with van der Waals surface area (Å²) < 4.78 is 22.3. The maximum Gasteiger partial charge on any atom is 0.238 e. The van der Waals surface area contributed by atoms with E-state index in [9.17, 15) is 13.2 Å². The average Bonchev–Trinajstić information content (AvgIpc) is 2.49. The number of rotatable bonds is 6. The third-order valence-electron chi connectivity index (χ3n) is 4.40. The molecular formula is C16H25N3O3S. The van der Waals surface area contributed by atoms with Gasteiger partial charge in [-0.3, -0.25) is 4.79 Å². The van der Waals surface area contributed by atoms with Crippen LogP contribution in [0.3, 0.4) is 0 Å². The Morgan fingerprint density at radius 3 is 2.43 bits per heavy atom. The Kier molecular flexibility index (Phi) is 6.15. The number of sulfonamides is 1. The van der Waals surface area contributed by atoms with Crippen LogP contribution in [0, 0.1) is 5.92 Å². The first-order valence-electron chi connectivity index (χ1n) is 8.00. The first-order chi connectivity index (χ1) is 10.9. The number of hydrogen-bond donors (Lipinski definition) is 3. The minimum atomic E-state index is -3.66. The van der Waals surface area contributed by atoms with Gasteiger partial charge in [0.25, 0.3) is 0 Å². The van der Waals surface area contributed by atoms with Crippen molar-refractivity contribution >= 4 is 15.9 Å². The first kappa shape index (κ1) is 17.9. The highest BCUT2D eigenvalue weighted by atomic mass is 32.2. The van der Waals surface area contributed by atoms with Gasteiger partial charge in [-0.2, -0.15) is 0 Å². The van der Waals surface area contributed by atoms with Crippen LogP contribution in [0.15, 0.2) is 29.2 Å². The molecule has 2 unspecified atom stereocenters. The Hall–Kier alpha value is -1.44. The van der Waals surface area contributed by atoms with Crippen molar-refractivity contribution in [3.8, 4) is 0 Å². The van der Waals surface area contributed by atoms with E-state index in [4.69, 9.17) is 10.9 Å². The maximum absolute atomic E-state index is 12.0. The van der Waals surface area contributed by atoms with Crippen molar-refractivity contribution in [2.45, 2.75) is 49.5 Å². The molecule has 23 heavy (non-hydrogen) atoms. The molecule has 0 aliphatic heterocycles. The molecule has 2 rings (SSSR count). The predicted molar refractivity (Wildman–Crippen MR) is 89.1 cm³/mol. The fraction of sp³-hybridized carbons (Fsp3) is 0.562. The highest BCUT2D eigenvalue weighted by Crippen LogP contribution is 2.25. The summed E-state index contributed by atoms with van der Waals surface area (Å²) in [5.41, 5.74) is 7.01. The van der Waals surface area contributed by atoms with E-state index in [0.717, 1.165) is 31.2 Å². The quantitative estimate of drug-likeness (QED) is 0.714. The molecule has 0 bridgehead atoms. The van der Waals surface area contributed by atoms with E-state index in [1.165, 1.54) is 12.1 Å². The molecular weight excluding hydrogens is 314 g/mol. The molecule has 128 valence electrons. The summed E-state index contributed by atoms with van der Waals surface area (Å²) in [5.74, 6) is 0.325. The smallest absolute Gasteiger partial charge is 0.238 e. The van der Waals surface area contributed by atoms with Crippen LogP contribution in [0.5, 0.6) is 0 Å². The van der Waals surface area contributed by atoms with Crippen molar-refractivity contribution < 1.29 is 13.2 Å². The van der Waals surface area contributed by atoms with E-state index in [1.54, 1.807) is 12.1 Å². The monoisotopic (exact) mass is 339 g/mol. The second-order valence-electron chi connectivity index (χ2n) is 6.20. The molecule has 2 atom stereocenters. The number of carbonyl (C=O) groups excluding carboxylic acids is 1. The average molecular weight is 339 g/mol. The van der Waals surface area contributed by atoms with Gasteiger partial charge in [0, 0.05) is 19.0 Å². The largest absolute Gasteiger partial charge is 0.356 e. The molecule has 0 aromatic heterocycles. The van der Waals surface area contributed by atoms with Gasteiger partial charge in [-0.25, -0.2) is 13.6 Å². The van der Waals surface area contributed by atoms with Crippen molar-refractivity contribution in [3.05, 3.63) is 29.8 Å². The number of nitrogens with two attached hydrogens (primary N) is 2. The third kappa shape index (κ3) is 5.60. The van der Waals surface area contributed by atoms with Gasteiger partial charge in [-0.1, -0.05) is 25.0 Å². The molecule has 1 saturated carbocycles. The lowest BCUT2D eigenvalue weighted by Crippen LogP contribution is -2.37. The lowest BCUT2D eigenvalue weighted by molar-refractivity contribution is -0.122. The van der Waals surface area contributed by atoms with Gasteiger partial charge in [0.2, 0.25) is 15.9 Å². The van der Waals surface area contributed by atoms with Gasteiger partial charge < -0.3 is 11.1 Å². The first-order valence-corrected chi connectivity index (χ1v) is 9.55. The standard InChI is InChI=1S/C16H25N3O3S/c17-15-4-2-1-3-13(15)11-16(20)19-10-9-12-5-7-14(8-6-12)23(18,21)22/h5-8,13,15H,1-4,9-11,17H2,(H,19,20)(H2,18,21,22). The van der Waals surface area contributed by atoms with E-state index in [0.29, 0.717) is 19.4 Å². The molecule has 5 N–H and O–H groups in total. The minimum Gasteiger partial charge on any atom is -0.356 e. The Bertz CT molecular complexity index is 628. The molecule has 1 amide bonds.